The molecule has 4 bridgehead atoms. The minimum atomic E-state index is -0.373. The highest BCUT2D eigenvalue weighted by Crippen LogP contribution is 2.53. The number of carbonyl (C=O) groups excluding carboxylic acids is 2. The van der Waals surface area contributed by atoms with Crippen LogP contribution in [0.5, 0.6) is 0 Å². The number of carbonyl (C=O) groups is 2. The molecule has 4 unspecified atom stereocenters. The van der Waals surface area contributed by atoms with Crippen molar-refractivity contribution in [2.75, 3.05) is 79.9 Å². The summed E-state index contributed by atoms with van der Waals surface area (Å²) in [5, 5.41) is 0. The van der Waals surface area contributed by atoms with Crippen LogP contribution in [-0.4, -0.2) is 102 Å². The highest BCUT2D eigenvalue weighted by atomic mass is 35.5. The number of primary amides is 2. The first kappa shape index (κ1) is 42.9. The van der Waals surface area contributed by atoms with Crippen molar-refractivity contribution in [3.05, 3.63) is 70.8 Å². The number of methoxy groups -OCH3 is 2. The van der Waals surface area contributed by atoms with Gasteiger partial charge in [0.2, 0.25) is 11.8 Å². The van der Waals surface area contributed by atoms with Gasteiger partial charge in [-0.2, -0.15) is 0 Å². The number of amides is 2. The lowest BCUT2D eigenvalue weighted by atomic mass is 9.62. The van der Waals surface area contributed by atoms with E-state index in [2.05, 4.69) is 21.9 Å². The van der Waals surface area contributed by atoms with Crippen molar-refractivity contribution < 1.29 is 28.5 Å². The third-order valence-corrected chi connectivity index (χ3v) is 13.5. The van der Waals surface area contributed by atoms with Crippen LogP contribution in [0.4, 0.5) is 0 Å². The van der Waals surface area contributed by atoms with Gasteiger partial charge in [0.05, 0.1) is 13.2 Å². The molecule has 2 amide bonds. The zero-order valence-electron chi connectivity index (χ0n) is 32.1. The predicted octanol–water partition coefficient (Wildman–Crippen LogP) is 5.63. The molecule has 10 nitrogen and oxygen atoms in total. The standard InChI is InChI=1S/2C21H30N2O3.2ClH/c2*1-25-21(17-5-2-4-16(10-17)20(22)24)18-6-3-7-19(21)13-23(12-18)11-15-8-9-26-14-15;;/h2*2,4-5,10,15,18-19H,3,6-9,11-14H2,1H3,(H2,22,24);2*1H/t2*15-,18?,19?,21?;;/m10../s1. The Kier molecular flexibility index (Phi) is 14.9. The maximum absolute atomic E-state index is 11.7. The van der Waals surface area contributed by atoms with Gasteiger partial charge in [-0.25, -0.2) is 0 Å². The molecule has 6 fully saturated rings. The highest BCUT2D eigenvalue weighted by molar-refractivity contribution is 5.93. The third-order valence-electron chi connectivity index (χ3n) is 13.5. The van der Waals surface area contributed by atoms with Crippen LogP contribution in [-0.2, 0) is 30.1 Å². The monoisotopic (exact) mass is 788 g/mol. The first-order valence-electron chi connectivity index (χ1n) is 19.8. The van der Waals surface area contributed by atoms with Crippen LogP contribution in [0.25, 0.3) is 0 Å². The molecule has 2 aromatic carbocycles. The second-order valence-corrected chi connectivity index (χ2v) is 16.4. The first-order valence-corrected chi connectivity index (χ1v) is 19.8. The molecular formula is C42H62Cl2N4O6. The number of rotatable bonds is 10. The van der Waals surface area contributed by atoms with E-state index in [0.717, 1.165) is 76.8 Å². The van der Waals surface area contributed by atoms with Gasteiger partial charge in [0, 0.05) is 102 Å². The fourth-order valence-electron chi connectivity index (χ4n) is 11.2. The number of halogens is 2. The largest absolute Gasteiger partial charge is 0.381 e. The van der Waals surface area contributed by atoms with Crippen LogP contribution in [0.3, 0.4) is 0 Å². The van der Waals surface area contributed by atoms with Gasteiger partial charge in [-0.3, -0.25) is 9.59 Å². The number of nitrogens with two attached hydrogens (primary N) is 2. The molecule has 54 heavy (non-hydrogen) atoms. The van der Waals surface area contributed by atoms with Gasteiger partial charge >= 0.3 is 0 Å². The van der Waals surface area contributed by atoms with Crippen LogP contribution >= 0.6 is 24.8 Å². The molecule has 2 aromatic rings. The van der Waals surface area contributed by atoms with Crippen molar-refractivity contribution in [3.63, 3.8) is 0 Å². The van der Waals surface area contributed by atoms with E-state index >= 15 is 0 Å². The molecular weight excluding hydrogens is 727 g/mol. The molecule has 12 heteroatoms. The molecule has 4 heterocycles. The Morgan fingerprint density at radius 2 is 1.02 bits per heavy atom. The van der Waals surface area contributed by atoms with Crippen LogP contribution in [0, 0.1) is 35.5 Å². The minimum Gasteiger partial charge on any atom is -0.381 e. The fourth-order valence-corrected chi connectivity index (χ4v) is 11.2. The van der Waals surface area contributed by atoms with E-state index in [1.165, 1.54) is 51.4 Å². The van der Waals surface area contributed by atoms with E-state index in [4.69, 9.17) is 30.4 Å². The van der Waals surface area contributed by atoms with Crippen molar-refractivity contribution in [1.29, 1.82) is 0 Å². The van der Waals surface area contributed by atoms with Crippen molar-refractivity contribution >= 4 is 36.6 Å². The second kappa shape index (κ2) is 18.8. The Morgan fingerprint density at radius 3 is 1.31 bits per heavy atom. The van der Waals surface area contributed by atoms with E-state index < -0.39 is 0 Å². The summed E-state index contributed by atoms with van der Waals surface area (Å²) in [5.41, 5.74) is 13.8. The van der Waals surface area contributed by atoms with E-state index in [1.54, 1.807) is 12.1 Å². The Labute approximate surface area is 334 Å². The Hall–Kier alpha value is -2.28. The molecule has 2 saturated carbocycles. The number of ether oxygens (including phenoxy) is 4. The number of benzene rings is 2. The molecule has 0 spiro atoms. The number of likely N-dealkylation sites (tertiary alicyclic amines) is 2. The molecule has 300 valence electrons. The summed E-state index contributed by atoms with van der Waals surface area (Å²) in [6.07, 6.45) is 9.56. The first-order chi connectivity index (χ1) is 25.3. The van der Waals surface area contributed by atoms with Crippen LogP contribution < -0.4 is 11.5 Å². The zero-order chi connectivity index (χ0) is 36.3. The number of nitrogens with zero attached hydrogens (tertiary/aromatic N) is 2. The fraction of sp³-hybridized carbons (Fsp3) is 0.667. The predicted molar refractivity (Wildman–Crippen MR) is 214 cm³/mol. The van der Waals surface area contributed by atoms with Gasteiger partial charge in [-0.1, -0.05) is 37.1 Å². The minimum absolute atomic E-state index is 0. The molecule has 8 rings (SSSR count). The summed E-state index contributed by atoms with van der Waals surface area (Å²) >= 11 is 0. The molecule has 6 aliphatic rings. The molecule has 4 N–H and O–H groups in total. The van der Waals surface area contributed by atoms with Gasteiger partial charge in [0.1, 0.15) is 11.2 Å². The van der Waals surface area contributed by atoms with Crippen molar-refractivity contribution in [2.45, 2.75) is 62.6 Å². The summed E-state index contributed by atoms with van der Waals surface area (Å²) in [6.45, 7) is 10.1. The number of fused-ring (bicyclic) bond motifs is 4. The van der Waals surface area contributed by atoms with E-state index in [0.29, 0.717) is 46.6 Å². The molecule has 2 aliphatic carbocycles. The van der Waals surface area contributed by atoms with Crippen LogP contribution in [0.1, 0.15) is 83.2 Å². The number of hydrogen-bond acceptors (Lipinski definition) is 8. The van der Waals surface area contributed by atoms with E-state index in [-0.39, 0.29) is 47.8 Å². The SMILES string of the molecule is COC1(c2cccc(C(N)=O)c2)C2CCCC1CN(C[C@@H]1CCOC1)C2.COC1(c2cccc(C(N)=O)c2)C2CCCC1CN(C[C@H]1CCOC1)C2.Cl.Cl. The van der Waals surface area contributed by atoms with Crippen molar-refractivity contribution in [1.82, 2.24) is 9.80 Å². The summed E-state index contributed by atoms with van der Waals surface area (Å²) in [5.74, 6) is 2.39. The van der Waals surface area contributed by atoms with E-state index in [9.17, 15) is 9.59 Å². The van der Waals surface area contributed by atoms with Crippen molar-refractivity contribution in [3.8, 4) is 0 Å². The lowest BCUT2D eigenvalue weighted by Gasteiger charge is -2.55. The Balaban J connectivity index is 0.000000200. The smallest absolute Gasteiger partial charge is 0.248 e. The maximum atomic E-state index is 11.7. The zero-order valence-corrected chi connectivity index (χ0v) is 33.8. The average molecular weight is 790 g/mol. The maximum Gasteiger partial charge on any atom is 0.248 e. The van der Waals surface area contributed by atoms with Crippen LogP contribution in [0.2, 0.25) is 0 Å². The molecule has 4 aliphatic heterocycles. The van der Waals surface area contributed by atoms with Crippen LogP contribution in [0.15, 0.2) is 48.5 Å². The molecule has 0 radical (unpaired) electrons. The lowest BCUT2D eigenvalue weighted by Crippen LogP contribution is -2.59. The lowest BCUT2D eigenvalue weighted by molar-refractivity contribution is -0.170. The summed E-state index contributed by atoms with van der Waals surface area (Å²) in [6, 6.07) is 15.6. The van der Waals surface area contributed by atoms with Gasteiger partial charge < -0.3 is 40.2 Å². The molecule has 6 atom stereocenters. The van der Waals surface area contributed by atoms with Gasteiger partial charge in [-0.05, 0) is 85.8 Å². The summed E-state index contributed by atoms with van der Waals surface area (Å²) in [7, 11) is 3.67. The summed E-state index contributed by atoms with van der Waals surface area (Å²) < 4.78 is 23.7. The summed E-state index contributed by atoms with van der Waals surface area (Å²) in [4.78, 5) is 28.6. The third kappa shape index (κ3) is 8.52. The van der Waals surface area contributed by atoms with E-state index in [1.807, 2.05) is 38.5 Å². The second-order valence-electron chi connectivity index (χ2n) is 16.4. The van der Waals surface area contributed by atoms with Gasteiger partial charge in [0.25, 0.3) is 0 Å². The molecule has 0 aromatic heterocycles. The van der Waals surface area contributed by atoms with Gasteiger partial charge in [-0.15, -0.1) is 24.8 Å². The highest BCUT2D eigenvalue weighted by Gasteiger charge is 2.54. The average Bonchev–Trinajstić information content (AvgIpc) is 3.86. The van der Waals surface area contributed by atoms with Gasteiger partial charge in [0.15, 0.2) is 0 Å². The number of hydrogen-bond donors (Lipinski definition) is 2. The quantitative estimate of drug-likeness (QED) is 0.317. The van der Waals surface area contributed by atoms with Crippen molar-refractivity contribution in [2.24, 2.45) is 47.0 Å². The Morgan fingerprint density at radius 1 is 0.648 bits per heavy atom. The molecule has 4 saturated heterocycles. The number of piperidine rings is 2. The normalized spacial score (nSPS) is 33.4. The topological polar surface area (TPSA) is 130 Å². The Bertz CT molecular complexity index is 1410.